The molecule has 0 aliphatic rings. The zero-order chi connectivity index (χ0) is 13.8. The van der Waals surface area contributed by atoms with E-state index in [1.807, 2.05) is 18.5 Å². The van der Waals surface area contributed by atoms with E-state index < -0.39 is 0 Å². The van der Waals surface area contributed by atoms with Crippen molar-refractivity contribution in [3.8, 4) is 0 Å². The van der Waals surface area contributed by atoms with Crippen LogP contribution in [-0.4, -0.2) is 4.98 Å². The largest absolute Gasteiger partial charge is 0.304 e. The van der Waals surface area contributed by atoms with E-state index in [2.05, 4.69) is 62.3 Å². The molecule has 1 N–H and O–H groups in total. The fraction of sp³-hybridized carbons (Fsp3) is 0.353. The summed E-state index contributed by atoms with van der Waals surface area (Å²) in [4.78, 5) is 4.18. The molecule has 2 unspecified atom stereocenters. The minimum absolute atomic E-state index is 0.295. The van der Waals surface area contributed by atoms with Crippen LogP contribution in [-0.2, 0) is 0 Å². The lowest BCUT2D eigenvalue weighted by molar-refractivity contribution is 0.492. The second-order valence-corrected chi connectivity index (χ2v) is 5.26. The molecule has 0 amide bonds. The molecule has 0 spiro atoms. The van der Waals surface area contributed by atoms with Gasteiger partial charge in [-0.15, -0.1) is 0 Å². The van der Waals surface area contributed by atoms with Crippen LogP contribution in [0.1, 0.15) is 48.2 Å². The van der Waals surface area contributed by atoms with Gasteiger partial charge in [0, 0.05) is 24.5 Å². The van der Waals surface area contributed by atoms with Crippen molar-refractivity contribution in [2.75, 3.05) is 0 Å². The third-order valence-corrected chi connectivity index (χ3v) is 3.59. The fourth-order valence-electron chi connectivity index (χ4n) is 2.42. The van der Waals surface area contributed by atoms with Crippen molar-refractivity contribution in [3.63, 3.8) is 0 Å². The molecule has 2 heteroatoms. The van der Waals surface area contributed by atoms with Crippen molar-refractivity contribution in [1.29, 1.82) is 0 Å². The zero-order valence-corrected chi connectivity index (χ0v) is 12.1. The summed E-state index contributed by atoms with van der Waals surface area (Å²) in [5.74, 6) is 0. The van der Waals surface area contributed by atoms with Gasteiger partial charge in [0.15, 0.2) is 0 Å². The molecule has 2 aromatic rings. The average molecular weight is 254 g/mol. The third-order valence-electron chi connectivity index (χ3n) is 3.59. The third kappa shape index (κ3) is 3.42. The van der Waals surface area contributed by atoms with Crippen molar-refractivity contribution in [3.05, 3.63) is 65.0 Å². The molecule has 0 radical (unpaired) electrons. The summed E-state index contributed by atoms with van der Waals surface area (Å²) < 4.78 is 0. The summed E-state index contributed by atoms with van der Waals surface area (Å²) in [7, 11) is 0. The Balaban J connectivity index is 2.13. The van der Waals surface area contributed by atoms with Crippen molar-refractivity contribution in [2.45, 2.75) is 39.8 Å². The molecule has 100 valence electrons. The Labute approximate surface area is 115 Å². The monoisotopic (exact) mass is 254 g/mol. The van der Waals surface area contributed by atoms with Crippen LogP contribution in [0.2, 0.25) is 0 Å². The lowest BCUT2D eigenvalue weighted by Crippen LogP contribution is -2.23. The number of aromatic nitrogens is 1. The van der Waals surface area contributed by atoms with Gasteiger partial charge in [-0.25, -0.2) is 0 Å². The van der Waals surface area contributed by atoms with Gasteiger partial charge in [-0.2, -0.15) is 0 Å². The lowest BCUT2D eigenvalue weighted by Gasteiger charge is -2.22. The van der Waals surface area contributed by atoms with Crippen LogP contribution in [0.3, 0.4) is 0 Å². The van der Waals surface area contributed by atoms with Crippen LogP contribution < -0.4 is 5.32 Å². The van der Waals surface area contributed by atoms with E-state index in [0.717, 1.165) is 0 Å². The fourth-order valence-corrected chi connectivity index (χ4v) is 2.42. The van der Waals surface area contributed by atoms with Gasteiger partial charge in [0.05, 0.1) is 0 Å². The Morgan fingerprint density at radius 3 is 2.53 bits per heavy atom. The summed E-state index contributed by atoms with van der Waals surface area (Å²) in [5, 5.41) is 3.64. The summed E-state index contributed by atoms with van der Waals surface area (Å²) in [5.41, 5.74) is 5.24. The van der Waals surface area contributed by atoms with Crippen LogP contribution in [0.4, 0.5) is 0 Å². The molecular weight excluding hydrogens is 232 g/mol. The SMILES string of the molecule is Cc1ccc(C)c(C(C)NC(C)c2cccnc2)c1. The van der Waals surface area contributed by atoms with Crippen molar-refractivity contribution >= 4 is 0 Å². The van der Waals surface area contributed by atoms with Crippen LogP contribution in [0.5, 0.6) is 0 Å². The Morgan fingerprint density at radius 2 is 1.84 bits per heavy atom. The van der Waals surface area contributed by atoms with Gasteiger partial charge in [-0.05, 0) is 50.5 Å². The van der Waals surface area contributed by atoms with Gasteiger partial charge in [0.25, 0.3) is 0 Å². The van der Waals surface area contributed by atoms with Gasteiger partial charge in [0.2, 0.25) is 0 Å². The average Bonchev–Trinajstić information content (AvgIpc) is 2.42. The van der Waals surface area contributed by atoms with Crippen molar-refractivity contribution < 1.29 is 0 Å². The summed E-state index contributed by atoms with van der Waals surface area (Å²) in [6.07, 6.45) is 3.73. The van der Waals surface area contributed by atoms with E-state index in [1.165, 1.54) is 22.3 Å². The van der Waals surface area contributed by atoms with Crippen LogP contribution in [0.25, 0.3) is 0 Å². The number of nitrogens with zero attached hydrogens (tertiary/aromatic N) is 1. The predicted octanol–water partition coefficient (Wildman–Crippen LogP) is 4.11. The molecule has 0 bridgehead atoms. The van der Waals surface area contributed by atoms with E-state index in [1.54, 1.807) is 0 Å². The molecule has 19 heavy (non-hydrogen) atoms. The van der Waals surface area contributed by atoms with Crippen molar-refractivity contribution in [2.24, 2.45) is 0 Å². The smallest absolute Gasteiger partial charge is 0.0315 e. The van der Waals surface area contributed by atoms with Crippen molar-refractivity contribution in [1.82, 2.24) is 10.3 Å². The molecule has 1 heterocycles. The summed E-state index contributed by atoms with van der Waals surface area (Å²) in [6, 6.07) is 11.3. The molecule has 2 atom stereocenters. The maximum absolute atomic E-state index is 4.18. The zero-order valence-electron chi connectivity index (χ0n) is 12.1. The molecule has 0 aliphatic heterocycles. The lowest BCUT2D eigenvalue weighted by atomic mass is 9.99. The standard InChI is InChI=1S/C17H22N2/c1-12-7-8-13(2)17(10-12)15(4)19-14(3)16-6-5-9-18-11-16/h5-11,14-15,19H,1-4H3. The number of hydrogen-bond donors (Lipinski definition) is 1. The molecule has 0 saturated carbocycles. The highest BCUT2D eigenvalue weighted by Crippen LogP contribution is 2.22. The number of pyridine rings is 1. The van der Waals surface area contributed by atoms with Gasteiger partial charge in [-0.1, -0.05) is 29.8 Å². The van der Waals surface area contributed by atoms with E-state index >= 15 is 0 Å². The first-order valence-corrected chi connectivity index (χ1v) is 6.81. The Hall–Kier alpha value is -1.67. The van der Waals surface area contributed by atoms with Gasteiger partial charge >= 0.3 is 0 Å². The first-order chi connectivity index (χ1) is 9.08. The Kier molecular flexibility index (Phi) is 4.33. The van der Waals surface area contributed by atoms with Gasteiger partial charge in [0.1, 0.15) is 0 Å². The highest BCUT2D eigenvalue weighted by atomic mass is 14.9. The van der Waals surface area contributed by atoms with E-state index in [-0.39, 0.29) is 0 Å². The van der Waals surface area contributed by atoms with Crippen LogP contribution >= 0.6 is 0 Å². The van der Waals surface area contributed by atoms with E-state index in [9.17, 15) is 0 Å². The topological polar surface area (TPSA) is 24.9 Å². The van der Waals surface area contributed by atoms with Crippen LogP contribution in [0.15, 0.2) is 42.7 Å². The van der Waals surface area contributed by atoms with Gasteiger partial charge < -0.3 is 5.32 Å². The Morgan fingerprint density at radius 1 is 1.05 bits per heavy atom. The predicted molar refractivity (Wildman–Crippen MR) is 80.1 cm³/mol. The minimum Gasteiger partial charge on any atom is -0.304 e. The minimum atomic E-state index is 0.295. The maximum Gasteiger partial charge on any atom is 0.0315 e. The summed E-state index contributed by atoms with van der Waals surface area (Å²) in [6.45, 7) is 8.70. The molecule has 0 aliphatic carbocycles. The molecule has 1 aromatic carbocycles. The van der Waals surface area contributed by atoms with Crippen LogP contribution in [0, 0.1) is 13.8 Å². The second kappa shape index (κ2) is 5.98. The Bertz CT molecular complexity index is 534. The molecule has 2 rings (SSSR count). The normalized spacial score (nSPS) is 14.1. The molecule has 1 aromatic heterocycles. The molecule has 2 nitrogen and oxygen atoms in total. The first-order valence-electron chi connectivity index (χ1n) is 6.81. The number of hydrogen-bond acceptors (Lipinski definition) is 2. The van der Waals surface area contributed by atoms with E-state index in [0.29, 0.717) is 12.1 Å². The van der Waals surface area contributed by atoms with Gasteiger partial charge in [-0.3, -0.25) is 4.98 Å². The van der Waals surface area contributed by atoms with E-state index in [4.69, 9.17) is 0 Å². The second-order valence-electron chi connectivity index (χ2n) is 5.26. The highest BCUT2D eigenvalue weighted by molar-refractivity contribution is 5.33. The summed E-state index contributed by atoms with van der Waals surface area (Å²) >= 11 is 0. The first kappa shape index (κ1) is 13.8. The number of rotatable bonds is 4. The highest BCUT2D eigenvalue weighted by Gasteiger charge is 2.13. The molecule has 0 saturated heterocycles. The quantitative estimate of drug-likeness (QED) is 0.888. The molecule has 0 fully saturated rings. The number of benzene rings is 1. The number of aryl methyl sites for hydroxylation is 2. The number of nitrogens with one attached hydrogen (secondary N) is 1. The molecular formula is C17H22N2. The maximum atomic E-state index is 4.18.